The smallest absolute Gasteiger partial charge is 0.132 e. The molecule has 0 spiro atoms. The number of pyridine rings is 6. The van der Waals surface area contributed by atoms with Gasteiger partial charge in [0.1, 0.15) is 11.6 Å². The van der Waals surface area contributed by atoms with Crippen LogP contribution in [0.2, 0.25) is 0 Å². The van der Waals surface area contributed by atoms with E-state index < -0.39 is 0 Å². The van der Waals surface area contributed by atoms with Gasteiger partial charge in [0.05, 0.1) is 45.6 Å². The molecule has 0 radical (unpaired) electrons. The van der Waals surface area contributed by atoms with Crippen molar-refractivity contribution in [2.45, 2.75) is 52.4 Å². The minimum absolute atomic E-state index is 0.0643. The molecule has 0 amide bonds. The Morgan fingerprint density at radius 1 is 0.333 bits per heavy atom. The first kappa shape index (κ1) is 37.1. The fourth-order valence-corrected chi connectivity index (χ4v) is 6.70. The first-order chi connectivity index (χ1) is 27.5. The third kappa shape index (κ3) is 8.53. The molecule has 6 heterocycles. The SMILES string of the molecule is CC(C)(C)c1ccc(-c2cc(-c3ccccn3)nc(-c3cccc(Nc4cccc(-c5cc(-c6ccc(C(C)(C)C)cc6)cc(-c6ccccn6)n5)n4)n3)c2)cc1. The summed E-state index contributed by atoms with van der Waals surface area (Å²) in [6.45, 7) is 13.4. The minimum Gasteiger partial charge on any atom is -0.325 e. The maximum atomic E-state index is 5.06. The van der Waals surface area contributed by atoms with Gasteiger partial charge in [0.15, 0.2) is 0 Å². The maximum Gasteiger partial charge on any atom is 0.132 e. The highest BCUT2D eigenvalue weighted by atomic mass is 15.1. The van der Waals surface area contributed by atoms with Crippen LogP contribution in [0.3, 0.4) is 0 Å². The lowest BCUT2D eigenvalue weighted by molar-refractivity contribution is 0.590. The predicted octanol–water partition coefficient (Wildman–Crippen LogP) is 12.4. The number of nitrogens with zero attached hydrogens (tertiary/aromatic N) is 6. The average molecular weight is 744 g/mol. The van der Waals surface area contributed by atoms with Crippen LogP contribution in [0, 0.1) is 0 Å². The highest BCUT2D eigenvalue weighted by Gasteiger charge is 2.17. The van der Waals surface area contributed by atoms with Crippen LogP contribution in [-0.4, -0.2) is 29.9 Å². The number of anilines is 2. The number of nitrogens with one attached hydrogen (secondary N) is 1. The van der Waals surface area contributed by atoms with E-state index >= 15 is 0 Å². The van der Waals surface area contributed by atoms with Gasteiger partial charge in [-0.1, -0.05) is 114 Å². The molecule has 7 nitrogen and oxygen atoms in total. The van der Waals surface area contributed by atoms with Crippen molar-refractivity contribution < 1.29 is 0 Å². The van der Waals surface area contributed by atoms with Crippen molar-refractivity contribution in [1.29, 1.82) is 0 Å². The predicted molar refractivity (Wildman–Crippen MR) is 233 cm³/mol. The normalized spacial score (nSPS) is 11.7. The van der Waals surface area contributed by atoms with E-state index in [9.17, 15) is 0 Å². The number of aromatic nitrogens is 6. The van der Waals surface area contributed by atoms with Crippen molar-refractivity contribution in [3.05, 3.63) is 169 Å². The Labute approximate surface area is 335 Å². The van der Waals surface area contributed by atoms with Crippen LogP contribution in [-0.2, 0) is 10.8 Å². The maximum absolute atomic E-state index is 5.06. The van der Waals surface area contributed by atoms with Crippen molar-refractivity contribution >= 4 is 11.6 Å². The lowest BCUT2D eigenvalue weighted by Gasteiger charge is -2.19. The van der Waals surface area contributed by atoms with E-state index in [1.807, 2.05) is 72.8 Å². The molecular weight excluding hydrogens is 699 g/mol. The van der Waals surface area contributed by atoms with Crippen molar-refractivity contribution in [2.75, 3.05) is 5.32 Å². The number of rotatable bonds is 8. The molecule has 6 aromatic heterocycles. The van der Waals surface area contributed by atoms with Crippen LogP contribution >= 0.6 is 0 Å². The van der Waals surface area contributed by atoms with Crippen molar-refractivity contribution in [3.63, 3.8) is 0 Å². The minimum atomic E-state index is 0.0643. The molecule has 0 unspecified atom stereocenters. The highest BCUT2D eigenvalue weighted by Crippen LogP contribution is 2.34. The largest absolute Gasteiger partial charge is 0.325 e. The summed E-state index contributed by atoms with van der Waals surface area (Å²) >= 11 is 0. The first-order valence-electron chi connectivity index (χ1n) is 19.3. The second-order valence-electron chi connectivity index (χ2n) is 16.3. The Bertz CT molecular complexity index is 2460. The van der Waals surface area contributed by atoms with E-state index in [0.29, 0.717) is 11.6 Å². The molecule has 57 heavy (non-hydrogen) atoms. The van der Waals surface area contributed by atoms with Crippen LogP contribution in [0.25, 0.3) is 67.8 Å². The van der Waals surface area contributed by atoms with Crippen molar-refractivity contribution in [2.24, 2.45) is 0 Å². The van der Waals surface area contributed by atoms with E-state index in [1.165, 1.54) is 11.1 Å². The summed E-state index contributed by atoms with van der Waals surface area (Å²) in [7, 11) is 0. The van der Waals surface area contributed by atoms with E-state index in [0.717, 1.165) is 67.8 Å². The summed E-state index contributed by atoms with van der Waals surface area (Å²) in [5.41, 5.74) is 13.1. The lowest BCUT2D eigenvalue weighted by atomic mass is 9.86. The van der Waals surface area contributed by atoms with Gasteiger partial charge in [-0.2, -0.15) is 0 Å². The lowest BCUT2D eigenvalue weighted by Crippen LogP contribution is -2.10. The van der Waals surface area contributed by atoms with Crippen molar-refractivity contribution in [1.82, 2.24) is 29.9 Å². The van der Waals surface area contributed by atoms with Gasteiger partial charge in [0, 0.05) is 12.4 Å². The van der Waals surface area contributed by atoms with Gasteiger partial charge in [0.25, 0.3) is 0 Å². The molecule has 1 N–H and O–H groups in total. The second kappa shape index (κ2) is 15.3. The molecular formula is C50H45N7. The third-order valence-corrected chi connectivity index (χ3v) is 9.95. The first-order valence-corrected chi connectivity index (χ1v) is 19.3. The number of hydrogen-bond donors (Lipinski definition) is 1. The fourth-order valence-electron chi connectivity index (χ4n) is 6.70. The summed E-state index contributed by atoms with van der Waals surface area (Å²) < 4.78 is 0. The average Bonchev–Trinajstić information content (AvgIpc) is 3.23. The Morgan fingerprint density at radius 3 is 1.05 bits per heavy atom. The zero-order valence-corrected chi connectivity index (χ0v) is 33.2. The van der Waals surface area contributed by atoms with Gasteiger partial charge >= 0.3 is 0 Å². The van der Waals surface area contributed by atoms with Gasteiger partial charge in [-0.15, -0.1) is 0 Å². The molecule has 2 aromatic carbocycles. The number of hydrogen-bond acceptors (Lipinski definition) is 7. The second-order valence-corrected chi connectivity index (χ2v) is 16.3. The van der Waals surface area contributed by atoms with E-state index in [1.54, 1.807) is 12.4 Å². The molecule has 0 aliphatic carbocycles. The standard InChI is InChI=1S/C50H45N7/c1-49(2,3)37-23-19-33(20-24-37)35-29-43(39-13-7-9-27-51-39)53-45(31-35)41-15-11-17-47(55-41)57-48-18-12-16-42(56-48)46-32-36(30-44(54-46)40-14-8-10-28-52-40)34-21-25-38(26-22-34)50(4,5)6/h7-32H,1-6H3,(H,55,56,57). The Balaban J connectivity index is 1.13. The van der Waals surface area contributed by atoms with Crippen LogP contribution in [0.1, 0.15) is 52.7 Å². The van der Waals surface area contributed by atoms with Crippen LogP contribution in [0.5, 0.6) is 0 Å². The molecule has 0 aliphatic heterocycles. The van der Waals surface area contributed by atoms with E-state index in [-0.39, 0.29) is 10.8 Å². The molecule has 8 aromatic rings. The molecule has 8 rings (SSSR count). The van der Waals surface area contributed by atoms with Crippen molar-refractivity contribution in [3.8, 4) is 67.8 Å². The zero-order valence-electron chi connectivity index (χ0n) is 33.2. The van der Waals surface area contributed by atoms with Crippen LogP contribution in [0.15, 0.2) is 158 Å². The summed E-state index contributed by atoms with van der Waals surface area (Å²) in [4.78, 5) is 29.4. The van der Waals surface area contributed by atoms with Gasteiger partial charge in [0.2, 0.25) is 0 Å². The monoisotopic (exact) mass is 743 g/mol. The molecule has 0 aliphatic rings. The molecule has 7 heteroatoms. The summed E-state index contributed by atoms with van der Waals surface area (Å²) in [6.07, 6.45) is 3.58. The Morgan fingerprint density at radius 2 is 0.702 bits per heavy atom. The third-order valence-electron chi connectivity index (χ3n) is 9.95. The molecule has 0 fully saturated rings. The van der Waals surface area contributed by atoms with Crippen LogP contribution in [0.4, 0.5) is 11.6 Å². The number of benzene rings is 2. The molecule has 280 valence electrons. The van der Waals surface area contributed by atoms with Crippen LogP contribution < -0.4 is 5.32 Å². The topological polar surface area (TPSA) is 89.4 Å². The summed E-state index contributed by atoms with van der Waals surface area (Å²) in [5, 5.41) is 3.45. The Hall–Kier alpha value is -6.86. The molecule has 0 atom stereocenters. The summed E-state index contributed by atoms with van der Waals surface area (Å²) in [5.74, 6) is 1.29. The molecule has 0 bridgehead atoms. The van der Waals surface area contributed by atoms with Gasteiger partial charge in [-0.25, -0.2) is 19.9 Å². The summed E-state index contributed by atoms with van der Waals surface area (Å²) in [6, 6.07) is 49.5. The zero-order chi connectivity index (χ0) is 39.6. The van der Waals surface area contributed by atoms with E-state index in [2.05, 4.69) is 130 Å². The Kier molecular flexibility index (Phi) is 9.98. The van der Waals surface area contributed by atoms with Gasteiger partial charge in [-0.3, -0.25) is 9.97 Å². The quantitative estimate of drug-likeness (QED) is 0.166. The van der Waals surface area contributed by atoms with Gasteiger partial charge < -0.3 is 5.32 Å². The van der Waals surface area contributed by atoms with Gasteiger partial charge in [-0.05, 0) is 117 Å². The molecule has 0 saturated carbocycles. The molecule has 0 saturated heterocycles. The fraction of sp³-hybridized carbons (Fsp3) is 0.160. The van der Waals surface area contributed by atoms with E-state index in [4.69, 9.17) is 19.9 Å². The highest BCUT2D eigenvalue weighted by molar-refractivity contribution is 5.77.